The van der Waals surface area contributed by atoms with Crippen LogP contribution in [0.25, 0.3) is 0 Å². The number of rotatable bonds is 6. The molecule has 1 heterocycles. The van der Waals surface area contributed by atoms with Gasteiger partial charge in [-0.15, -0.1) is 0 Å². The van der Waals surface area contributed by atoms with E-state index in [0.29, 0.717) is 25.6 Å². The topological polar surface area (TPSA) is 67.6 Å². The van der Waals surface area contributed by atoms with Gasteiger partial charge in [0.2, 0.25) is 5.91 Å². The number of ether oxygens (including phenoxy) is 1. The normalized spacial score (nSPS) is 33.5. The average molecular weight is 297 g/mol. The lowest BCUT2D eigenvalue weighted by Crippen LogP contribution is -2.76. The molecule has 0 aromatic heterocycles. The van der Waals surface area contributed by atoms with E-state index >= 15 is 0 Å². The lowest BCUT2D eigenvalue weighted by atomic mass is 9.54. The van der Waals surface area contributed by atoms with Crippen LogP contribution >= 0.6 is 0 Å². The Morgan fingerprint density at radius 3 is 2.57 bits per heavy atom. The van der Waals surface area contributed by atoms with Crippen molar-refractivity contribution in [3.05, 3.63) is 0 Å². The summed E-state index contributed by atoms with van der Waals surface area (Å²) in [6.45, 7) is 11.8. The predicted octanol–water partition coefficient (Wildman–Crippen LogP) is 1.12. The van der Waals surface area contributed by atoms with Gasteiger partial charge in [0.25, 0.3) is 0 Å². The van der Waals surface area contributed by atoms with Crippen molar-refractivity contribution in [1.82, 2.24) is 10.2 Å². The molecule has 2 aliphatic rings. The molecule has 1 aliphatic carbocycles. The zero-order valence-corrected chi connectivity index (χ0v) is 13.9. The summed E-state index contributed by atoms with van der Waals surface area (Å²) in [5.74, 6) is -0.0329. The molecule has 0 aromatic rings. The predicted molar refractivity (Wildman–Crippen MR) is 84.0 cm³/mol. The highest BCUT2D eigenvalue weighted by atomic mass is 16.5. The smallest absolute Gasteiger partial charge is 0.240 e. The summed E-state index contributed by atoms with van der Waals surface area (Å²) < 4.78 is 5.68. The molecule has 0 radical (unpaired) electrons. The molecule has 1 saturated heterocycles. The molecule has 1 aliphatic heterocycles. The van der Waals surface area contributed by atoms with E-state index in [0.717, 1.165) is 13.1 Å². The van der Waals surface area contributed by atoms with Gasteiger partial charge >= 0.3 is 0 Å². The number of hydrogen-bond donors (Lipinski definition) is 2. The van der Waals surface area contributed by atoms with E-state index in [9.17, 15) is 4.79 Å². The van der Waals surface area contributed by atoms with Crippen molar-refractivity contribution in [2.45, 2.75) is 64.6 Å². The van der Waals surface area contributed by atoms with Crippen LogP contribution in [0.3, 0.4) is 0 Å². The first-order valence-corrected chi connectivity index (χ1v) is 8.25. The van der Waals surface area contributed by atoms with Crippen molar-refractivity contribution < 1.29 is 9.53 Å². The van der Waals surface area contributed by atoms with Crippen LogP contribution in [0.15, 0.2) is 0 Å². The van der Waals surface area contributed by atoms with Crippen LogP contribution in [0.4, 0.5) is 0 Å². The van der Waals surface area contributed by atoms with Crippen LogP contribution in [0.5, 0.6) is 0 Å². The van der Waals surface area contributed by atoms with Gasteiger partial charge in [0, 0.05) is 31.0 Å². The van der Waals surface area contributed by atoms with E-state index in [1.54, 1.807) is 0 Å². The standard InChI is InChI=1S/C16H31N3O2/c1-5-21-13-10-16(17,15(13,3)4)14(20)18-11-12(2)19-8-6-7-9-19/h12-13H,5-11,17H2,1-4H3,(H,18,20). The highest BCUT2D eigenvalue weighted by Gasteiger charge is 2.62. The summed E-state index contributed by atoms with van der Waals surface area (Å²) in [6.07, 6.45) is 3.22. The van der Waals surface area contributed by atoms with Crippen molar-refractivity contribution in [3.63, 3.8) is 0 Å². The van der Waals surface area contributed by atoms with E-state index in [4.69, 9.17) is 10.5 Å². The number of nitrogens with zero attached hydrogens (tertiary/aromatic N) is 1. The minimum atomic E-state index is -0.808. The molecule has 5 nitrogen and oxygen atoms in total. The summed E-state index contributed by atoms with van der Waals surface area (Å²) in [4.78, 5) is 15.0. The molecule has 0 bridgehead atoms. The van der Waals surface area contributed by atoms with Crippen molar-refractivity contribution in [3.8, 4) is 0 Å². The highest BCUT2D eigenvalue weighted by molar-refractivity contribution is 5.88. The van der Waals surface area contributed by atoms with Gasteiger partial charge in [-0.25, -0.2) is 0 Å². The monoisotopic (exact) mass is 297 g/mol. The quantitative estimate of drug-likeness (QED) is 0.771. The SMILES string of the molecule is CCOC1CC(N)(C(=O)NCC(C)N2CCCC2)C1(C)C. The Kier molecular flexibility index (Phi) is 4.96. The molecule has 3 unspecified atom stereocenters. The maximum absolute atomic E-state index is 12.5. The fourth-order valence-electron chi connectivity index (χ4n) is 3.53. The second-order valence-electron chi connectivity index (χ2n) is 7.14. The highest BCUT2D eigenvalue weighted by Crippen LogP contribution is 2.49. The van der Waals surface area contributed by atoms with E-state index in [-0.39, 0.29) is 17.4 Å². The number of hydrogen-bond acceptors (Lipinski definition) is 4. The second kappa shape index (κ2) is 6.23. The molecule has 2 fully saturated rings. The molecule has 122 valence electrons. The first kappa shape index (κ1) is 16.7. The summed E-state index contributed by atoms with van der Waals surface area (Å²) >= 11 is 0. The Bertz CT molecular complexity index is 380. The summed E-state index contributed by atoms with van der Waals surface area (Å²) in [5, 5.41) is 3.06. The van der Waals surface area contributed by atoms with Gasteiger partial charge in [-0.3, -0.25) is 9.69 Å². The van der Waals surface area contributed by atoms with Crippen molar-refractivity contribution in [1.29, 1.82) is 0 Å². The first-order valence-electron chi connectivity index (χ1n) is 8.25. The molecule has 1 amide bonds. The lowest BCUT2D eigenvalue weighted by Gasteiger charge is -2.57. The van der Waals surface area contributed by atoms with Crippen LogP contribution in [-0.4, -0.2) is 54.7 Å². The average Bonchev–Trinajstić information content (AvgIpc) is 2.98. The molecular formula is C16H31N3O2. The van der Waals surface area contributed by atoms with Crippen LogP contribution in [0.1, 0.15) is 47.0 Å². The number of carbonyl (C=O) groups is 1. The Labute approximate surface area is 128 Å². The molecule has 3 N–H and O–H groups in total. The third kappa shape index (κ3) is 2.96. The second-order valence-corrected chi connectivity index (χ2v) is 7.14. The maximum Gasteiger partial charge on any atom is 0.240 e. The largest absolute Gasteiger partial charge is 0.378 e. The van der Waals surface area contributed by atoms with Crippen molar-refractivity contribution in [2.75, 3.05) is 26.2 Å². The molecule has 0 spiro atoms. The minimum absolute atomic E-state index is 0.0329. The third-order valence-electron chi connectivity index (χ3n) is 5.56. The first-order chi connectivity index (χ1) is 9.83. The van der Waals surface area contributed by atoms with Gasteiger partial charge in [-0.05, 0) is 39.8 Å². The Balaban J connectivity index is 1.85. The molecule has 3 atom stereocenters. The fourth-order valence-corrected chi connectivity index (χ4v) is 3.53. The molecular weight excluding hydrogens is 266 g/mol. The van der Waals surface area contributed by atoms with E-state index < -0.39 is 5.54 Å². The van der Waals surface area contributed by atoms with Crippen LogP contribution < -0.4 is 11.1 Å². The molecule has 0 aromatic carbocycles. The van der Waals surface area contributed by atoms with Crippen LogP contribution in [-0.2, 0) is 9.53 Å². The molecule has 2 rings (SSSR count). The molecule has 5 heteroatoms. The van der Waals surface area contributed by atoms with Crippen molar-refractivity contribution >= 4 is 5.91 Å². The Hall–Kier alpha value is -0.650. The summed E-state index contributed by atoms with van der Waals surface area (Å²) in [6, 6.07) is 0.380. The number of carbonyl (C=O) groups excluding carboxylic acids is 1. The van der Waals surface area contributed by atoms with Gasteiger partial charge in [0.05, 0.1) is 6.10 Å². The zero-order chi connectivity index (χ0) is 15.7. The number of nitrogens with two attached hydrogens (primary N) is 1. The van der Waals surface area contributed by atoms with Gasteiger partial charge < -0.3 is 15.8 Å². The van der Waals surface area contributed by atoms with E-state index in [1.807, 2.05) is 20.8 Å². The van der Waals surface area contributed by atoms with Gasteiger partial charge in [-0.1, -0.05) is 13.8 Å². The lowest BCUT2D eigenvalue weighted by molar-refractivity contribution is -0.170. The summed E-state index contributed by atoms with van der Waals surface area (Å²) in [5.41, 5.74) is 5.26. The third-order valence-corrected chi connectivity index (χ3v) is 5.56. The summed E-state index contributed by atoms with van der Waals surface area (Å²) in [7, 11) is 0. The van der Waals surface area contributed by atoms with Crippen molar-refractivity contribution in [2.24, 2.45) is 11.1 Å². The van der Waals surface area contributed by atoms with Gasteiger partial charge in [0.15, 0.2) is 0 Å². The maximum atomic E-state index is 12.5. The zero-order valence-electron chi connectivity index (χ0n) is 13.9. The Morgan fingerprint density at radius 1 is 1.43 bits per heavy atom. The fraction of sp³-hybridized carbons (Fsp3) is 0.938. The van der Waals surface area contributed by atoms with Crippen LogP contribution in [0.2, 0.25) is 0 Å². The van der Waals surface area contributed by atoms with E-state index in [1.165, 1.54) is 12.8 Å². The number of nitrogens with one attached hydrogen (secondary N) is 1. The van der Waals surface area contributed by atoms with Crippen LogP contribution in [0, 0.1) is 5.41 Å². The number of amides is 1. The minimum Gasteiger partial charge on any atom is -0.378 e. The van der Waals surface area contributed by atoms with Gasteiger partial charge in [-0.2, -0.15) is 0 Å². The van der Waals surface area contributed by atoms with E-state index in [2.05, 4.69) is 17.1 Å². The van der Waals surface area contributed by atoms with Gasteiger partial charge in [0.1, 0.15) is 5.54 Å². The molecule has 21 heavy (non-hydrogen) atoms. The molecule has 1 saturated carbocycles. The number of likely N-dealkylation sites (tertiary alicyclic amines) is 1. The Morgan fingerprint density at radius 2 is 2.05 bits per heavy atom.